The number of halogens is 2. The van der Waals surface area contributed by atoms with Gasteiger partial charge in [0, 0.05) is 43.0 Å². The van der Waals surface area contributed by atoms with Crippen molar-refractivity contribution < 1.29 is 18.3 Å². The number of imidazole rings is 1. The fourth-order valence-electron chi connectivity index (χ4n) is 5.33. The number of fused-ring (bicyclic) bond motifs is 2. The van der Waals surface area contributed by atoms with Crippen molar-refractivity contribution in [3.05, 3.63) is 29.0 Å². The lowest BCUT2D eigenvalue weighted by atomic mass is 9.81. The van der Waals surface area contributed by atoms with E-state index in [0.29, 0.717) is 42.4 Å². The van der Waals surface area contributed by atoms with Crippen LogP contribution in [-0.4, -0.2) is 76.3 Å². The van der Waals surface area contributed by atoms with E-state index in [1.54, 1.807) is 18.9 Å². The van der Waals surface area contributed by atoms with Crippen molar-refractivity contribution in [2.24, 2.45) is 5.92 Å². The molecule has 1 aliphatic heterocycles. The van der Waals surface area contributed by atoms with E-state index >= 15 is 0 Å². The first-order valence-electron chi connectivity index (χ1n) is 12.2. The number of hydrogen-bond acceptors (Lipinski definition) is 5. The third-order valence-corrected chi connectivity index (χ3v) is 7.57. The third kappa shape index (κ3) is 4.23. The zero-order valence-corrected chi connectivity index (χ0v) is 20.6. The van der Waals surface area contributed by atoms with Crippen LogP contribution in [0.3, 0.4) is 0 Å². The van der Waals surface area contributed by atoms with E-state index in [-0.39, 0.29) is 24.8 Å². The van der Waals surface area contributed by atoms with E-state index in [1.807, 2.05) is 26.0 Å². The number of likely N-dealkylation sites (N-methyl/N-ethyl adjacent to an activating group) is 1. The minimum Gasteiger partial charge on any atom is -0.379 e. The van der Waals surface area contributed by atoms with Gasteiger partial charge in [-0.2, -0.15) is 5.10 Å². The highest BCUT2D eigenvalue weighted by Crippen LogP contribution is 2.41. The van der Waals surface area contributed by atoms with Gasteiger partial charge in [0.2, 0.25) is 5.91 Å². The lowest BCUT2D eigenvalue weighted by Gasteiger charge is -2.33. The number of H-pyrrole nitrogens is 2. The predicted molar refractivity (Wildman–Crippen MR) is 130 cm³/mol. The molecule has 2 atom stereocenters. The number of hydrogen-bond donors (Lipinski definition) is 2. The number of ether oxygens (including phenoxy) is 1. The Labute approximate surface area is 203 Å². The number of carbonyl (C=O) groups is 1. The molecule has 188 valence electrons. The van der Waals surface area contributed by atoms with Crippen molar-refractivity contribution in [3.8, 4) is 11.5 Å². The summed E-state index contributed by atoms with van der Waals surface area (Å²) in [5.74, 6) is -2.89. The van der Waals surface area contributed by atoms with Crippen LogP contribution in [0.2, 0.25) is 0 Å². The van der Waals surface area contributed by atoms with Crippen LogP contribution in [0.4, 0.5) is 14.5 Å². The van der Waals surface area contributed by atoms with Crippen LogP contribution >= 0.6 is 0 Å². The fraction of sp³-hybridized carbons (Fsp3) is 0.560. The van der Waals surface area contributed by atoms with Crippen LogP contribution in [0.25, 0.3) is 22.6 Å². The van der Waals surface area contributed by atoms with E-state index in [2.05, 4.69) is 20.1 Å². The Morgan fingerprint density at radius 2 is 2.09 bits per heavy atom. The molecular formula is C25H32F2N6O2. The van der Waals surface area contributed by atoms with Crippen molar-refractivity contribution in [2.45, 2.75) is 52.0 Å². The summed E-state index contributed by atoms with van der Waals surface area (Å²) in [5, 5.41) is 7.16. The first kappa shape index (κ1) is 23.9. The minimum absolute atomic E-state index is 0.0121. The molecule has 2 aromatic heterocycles. The summed E-state index contributed by atoms with van der Waals surface area (Å²) in [6.45, 7) is 8.43. The molecular weight excluding hydrogens is 454 g/mol. The van der Waals surface area contributed by atoms with Crippen LogP contribution in [0.5, 0.6) is 0 Å². The van der Waals surface area contributed by atoms with Crippen molar-refractivity contribution >= 4 is 22.6 Å². The predicted octanol–water partition coefficient (Wildman–Crippen LogP) is 3.71. The molecule has 2 N–H and O–H groups in total. The molecule has 1 aliphatic carbocycles. The van der Waals surface area contributed by atoms with E-state index in [0.717, 1.165) is 35.4 Å². The number of amides is 1. The number of aromatic nitrogens is 4. The van der Waals surface area contributed by atoms with Gasteiger partial charge in [-0.25, -0.2) is 13.8 Å². The summed E-state index contributed by atoms with van der Waals surface area (Å²) in [4.78, 5) is 25.1. The number of nitrogens with one attached hydrogen (secondary N) is 2. The van der Waals surface area contributed by atoms with Gasteiger partial charge < -0.3 is 14.6 Å². The minimum atomic E-state index is -2.74. The van der Waals surface area contributed by atoms with Gasteiger partial charge in [0.15, 0.2) is 5.82 Å². The Bertz CT molecular complexity index is 1250. The number of rotatable bonds is 5. The molecule has 2 aliphatic rings. The monoisotopic (exact) mass is 486 g/mol. The Balaban J connectivity index is 1.44. The maximum Gasteiger partial charge on any atom is 0.256 e. The van der Waals surface area contributed by atoms with Crippen molar-refractivity contribution in [1.82, 2.24) is 25.1 Å². The first-order valence-corrected chi connectivity index (χ1v) is 12.2. The Morgan fingerprint density at radius 1 is 1.34 bits per heavy atom. The number of alkyl halides is 2. The average molecular weight is 487 g/mol. The second kappa shape index (κ2) is 8.98. The van der Waals surface area contributed by atoms with Crippen molar-refractivity contribution in [2.75, 3.05) is 38.3 Å². The van der Waals surface area contributed by atoms with Gasteiger partial charge >= 0.3 is 0 Å². The van der Waals surface area contributed by atoms with Gasteiger partial charge in [-0.1, -0.05) is 6.92 Å². The van der Waals surface area contributed by atoms with Gasteiger partial charge in [-0.05, 0) is 44.4 Å². The number of aromatic amines is 2. The summed E-state index contributed by atoms with van der Waals surface area (Å²) in [5.41, 5.74) is 5.12. The molecule has 1 saturated heterocycles. The van der Waals surface area contributed by atoms with Crippen molar-refractivity contribution in [3.63, 3.8) is 0 Å². The maximum absolute atomic E-state index is 14.4. The molecule has 0 saturated carbocycles. The van der Waals surface area contributed by atoms with E-state index in [4.69, 9.17) is 9.72 Å². The lowest BCUT2D eigenvalue weighted by Crippen LogP contribution is -2.50. The van der Waals surface area contributed by atoms with E-state index < -0.39 is 11.8 Å². The second-order valence-electron chi connectivity index (χ2n) is 9.74. The quantitative estimate of drug-likeness (QED) is 0.574. The van der Waals surface area contributed by atoms with Crippen LogP contribution in [-0.2, 0) is 22.4 Å². The van der Waals surface area contributed by atoms with Gasteiger partial charge in [0.25, 0.3) is 5.92 Å². The molecule has 3 heterocycles. The summed E-state index contributed by atoms with van der Waals surface area (Å²) >= 11 is 0. The Morgan fingerprint density at radius 3 is 2.80 bits per heavy atom. The van der Waals surface area contributed by atoms with Crippen LogP contribution in [0, 0.1) is 12.8 Å². The van der Waals surface area contributed by atoms with Crippen LogP contribution in [0.15, 0.2) is 12.1 Å². The SMILES string of the molecule is CC[C@@H]1Cc2c(-c3nc4cc(N(C)C(=O)[C@H](C)N5CCOCC5)c(C)cc4[nH]3)n[nH]c2CC1(F)F. The van der Waals surface area contributed by atoms with Crippen molar-refractivity contribution in [1.29, 1.82) is 0 Å². The molecule has 35 heavy (non-hydrogen) atoms. The number of anilines is 1. The number of nitrogens with zero attached hydrogens (tertiary/aromatic N) is 4. The molecule has 0 unspecified atom stereocenters. The first-order chi connectivity index (χ1) is 16.7. The lowest BCUT2D eigenvalue weighted by molar-refractivity contribution is -0.124. The van der Waals surface area contributed by atoms with Crippen LogP contribution < -0.4 is 4.90 Å². The van der Waals surface area contributed by atoms with E-state index in [9.17, 15) is 13.6 Å². The molecule has 10 heteroatoms. The van der Waals surface area contributed by atoms with Gasteiger partial charge in [0.1, 0.15) is 5.69 Å². The fourth-order valence-corrected chi connectivity index (χ4v) is 5.33. The molecule has 0 spiro atoms. The zero-order valence-electron chi connectivity index (χ0n) is 20.6. The normalized spacial score (nSPS) is 21.1. The number of carbonyl (C=O) groups excluding carboxylic acids is 1. The summed E-state index contributed by atoms with van der Waals surface area (Å²) in [7, 11) is 1.79. The summed E-state index contributed by atoms with van der Waals surface area (Å²) in [6.07, 6.45) is 0.344. The van der Waals surface area contributed by atoms with Crippen LogP contribution in [0.1, 0.15) is 37.1 Å². The molecule has 3 aromatic rings. The molecule has 0 bridgehead atoms. The number of aryl methyl sites for hydroxylation is 1. The third-order valence-electron chi connectivity index (χ3n) is 7.57. The highest BCUT2D eigenvalue weighted by atomic mass is 19.3. The molecule has 5 rings (SSSR count). The second-order valence-corrected chi connectivity index (χ2v) is 9.74. The molecule has 1 aromatic carbocycles. The smallest absolute Gasteiger partial charge is 0.256 e. The number of morpholine rings is 1. The largest absolute Gasteiger partial charge is 0.379 e. The highest BCUT2D eigenvalue weighted by Gasteiger charge is 2.44. The zero-order chi connectivity index (χ0) is 24.9. The standard InChI is InChI=1S/C25H32F2N6O2/c1-5-16-11-17-20(13-25(16,26)27)30-31-22(17)23-28-18-10-14(2)21(12-19(18)29-23)32(4)24(34)15(3)33-6-8-35-9-7-33/h10,12,15-16H,5-9,11,13H2,1-4H3,(H,28,29)(H,30,31)/t15-,16+/m0/s1. The average Bonchev–Trinajstić information content (AvgIpc) is 3.44. The maximum atomic E-state index is 14.4. The molecule has 0 radical (unpaired) electrons. The molecule has 8 nitrogen and oxygen atoms in total. The Kier molecular flexibility index (Phi) is 6.13. The summed E-state index contributed by atoms with van der Waals surface area (Å²) in [6, 6.07) is 3.61. The molecule has 1 amide bonds. The highest BCUT2D eigenvalue weighted by molar-refractivity contribution is 5.99. The van der Waals surface area contributed by atoms with Gasteiger partial charge in [-0.3, -0.25) is 14.8 Å². The molecule has 1 fully saturated rings. The topological polar surface area (TPSA) is 90.1 Å². The van der Waals surface area contributed by atoms with Gasteiger partial charge in [-0.15, -0.1) is 0 Å². The Hall–Kier alpha value is -2.85. The number of benzene rings is 1. The van der Waals surface area contributed by atoms with Gasteiger partial charge in [0.05, 0.1) is 36.7 Å². The summed E-state index contributed by atoms with van der Waals surface area (Å²) < 4.78 is 34.2. The van der Waals surface area contributed by atoms with E-state index in [1.165, 1.54) is 0 Å².